The Balaban J connectivity index is 1.65. The molecule has 1 atom stereocenters. The Labute approximate surface area is 139 Å². The maximum absolute atomic E-state index is 12.6. The zero-order valence-corrected chi connectivity index (χ0v) is 14.5. The molecule has 0 radical (unpaired) electrons. The second-order valence-electron chi connectivity index (χ2n) is 5.97. The number of carbonyl (C=O) groups is 1. The van der Waals surface area contributed by atoms with E-state index in [0.717, 1.165) is 27.5 Å². The number of oxime groups is 1. The molecule has 2 aromatic heterocycles. The van der Waals surface area contributed by atoms with Crippen molar-refractivity contribution in [3.05, 3.63) is 39.3 Å². The fourth-order valence-electron chi connectivity index (χ4n) is 2.67. The van der Waals surface area contributed by atoms with E-state index >= 15 is 0 Å². The van der Waals surface area contributed by atoms with Crippen LogP contribution in [0.4, 0.5) is 0 Å². The van der Waals surface area contributed by atoms with Gasteiger partial charge in [-0.1, -0.05) is 11.2 Å². The molecule has 0 saturated heterocycles. The van der Waals surface area contributed by atoms with Crippen molar-refractivity contribution in [2.45, 2.75) is 39.3 Å². The van der Waals surface area contributed by atoms with Crippen LogP contribution in [-0.4, -0.2) is 27.0 Å². The topological polar surface area (TPSA) is 68.5 Å². The summed E-state index contributed by atoms with van der Waals surface area (Å²) < 4.78 is 1.82. The van der Waals surface area contributed by atoms with E-state index in [1.807, 2.05) is 43.1 Å². The van der Waals surface area contributed by atoms with Crippen LogP contribution in [0.25, 0.3) is 0 Å². The lowest BCUT2D eigenvalue weighted by Crippen LogP contribution is -2.44. The van der Waals surface area contributed by atoms with Gasteiger partial charge in [-0.25, -0.2) is 0 Å². The molecule has 122 valence electrons. The highest BCUT2D eigenvalue weighted by molar-refractivity contribution is 7.12. The predicted molar refractivity (Wildman–Crippen MR) is 89.5 cm³/mol. The molecular formula is C16H20N4O2S. The lowest BCUT2D eigenvalue weighted by Gasteiger charge is -2.20. The number of carbonyl (C=O) groups excluding carboxylic acids is 1. The van der Waals surface area contributed by atoms with Crippen molar-refractivity contribution in [1.29, 1.82) is 0 Å². The summed E-state index contributed by atoms with van der Waals surface area (Å²) >= 11 is 1.60. The number of thiophene rings is 1. The van der Waals surface area contributed by atoms with E-state index in [1.165, 1.54) is 0 Å². The van der Waals surface area contributed by atoms with Gasteiger partial charge in [0, 0.05) is 31.3 Å². The van der Waals surface area contributed by atoms with E-state index in [-0.39, 0.29) is 5.91 Å². The SMILES string of the molecule is Cc1nn(C)c(C)c1CNC(=O)C1(C)CC(c2cccs2)=NO1. The van der Waals surface area contributed by atoms with Crippen LogP contribution in [0.15, 0.2) is 22.7 Å². The molecule has 1 amide bonds. The maximum atomic E-state index is 12.6. The van der Waals surface area contributed by atoms with Crippen molar-refractivity contribution in [1.82, 2.24) is 15.1 Å². The molecule has 0 aromatic carbocycles. The van der Waals surface area contributed by atoms with Gasteiger partial charge in [-0.15, -0.1) is 11.3 Å². The molecule has 3 heterocycles. The molecule has 6 nitrogen and oxygen atoms in total. The van der Waals surface area contributed by atoms with Gasteiger partial charge in [0.2, 0.25) is 5.60 Å². The standard InChI is InChI=1S/C16H20N4O2S/c1-10-12(11(2)20(4)18-10)9-17-15(21)16(3)8-13(19-22-16)14-6-5-7-23-14/h5-7H,8-9H2,1-4H3,(H,17,21). The van der Waals surface area contributed by atoms with Gasteiger partial charge < -0.3 is 10.2 Å². The van der Waals surface area contributed by atoms with Gasteiger partial charge >= 0.3 is 0 Å². The fraction of sp³-hybridized carbons (Fsp3) is 0.438. The summed E-state index contributed by atoms with van der Waals surface area (Å²) in [5.41, 5.74) is 2.89. The van der Waals surface area contributed by atoms with Gasteiger partial charge in [-0.05, 0) is 32.2 Å². The minimum Gasteiger partial charge on any atom is -0.379 e. The van der Waals surface area contributed by atoms with Gasteiger partial charge in [0.25, 0.3) is 5.91 Å². The van der Waals surface area contributed by atoms with Crippen LogP contribution in [0, 0.1) is 13.8 Å². The summed E-state index contributed by atoms with van der Waals surface area (Å²) in [6.45, 7) is 6.15. The highest BCUT2D eigenvalue weighted by Gasteiger charge is 2.42. The number of hydrogen-bond acceptors (Lipinski definition) is 5. The Hall–Kier alpha value is -2.15. The lowest BCUT2D eigenvalue weighted by molar-refractivity contribution is -0.141. The number of nitrogens with one attached hydrogen (secondary N) is 1. The second kappa shape index (κ2) is 5.81. The van der Waals surface area contributed by atoms with Gasteiger partial charge in [0.05, 0.1) is 10.6 Å². The van der Waals surface area contributed by atoms with Gasteiger partial charge in [-0.3, -0.25) is 9.48 Å². The predicted octanol–water partition coefficient (Wildman–Crippen LogP) is 2.30. The first-order valence-electron chi connectivity index (χ1n) is 7.47. The molecule has 0 bridgehead atoms. The minimum atomic E-state index is -0.955. The van der Waals surface area contributed by atoms with E-state index in [4.69, 9.17) is 4.84 Å². The average Bonchev–Trinajstić information content (AvgIpc) is 3.20. The molecule has 0 fully saturated rings. The van der Waals surface area contributed by atoms with Crippen molar-refractivity contribution >= 4 is 23.0 Å². The monoisotopic (exact) mass is 332 g/mol. The first kappa shape index (κ1) is 15.7. The number of hydrogen-bond donors (Lipinski definition) is 1. The molecule has 7 heteroatoms. The van der Waals surface area contributed by atoms with Crippen LogP contribution in [0.3, 0.4) is 0 Å². The largest absolute Gasteiger partial charge is 0.379 e. The quantitative estimate of drug-likeness (QED) is 0.934. The maximum Gasteiger partial charge on any atom is 0.267 e. The number of aryl methyl sites for hydroxylation is 2. The molecule has 1 N–H and O–H groups in total. The fourth-order valence-corrected chi connectivity index (χ4v) is 3.37. The second-order valence-corrected chi connectivity index (χ2v) is 6.92. The molecule has 1 unspecified atom stereocenters. The first-order chi connectivity index (χ1) is 10.9. The molecular weight excluding hydrogens is 312 g/mol. The Kier molecular flexibility index (Phi) is 3.97. The summed E-state index contributed by atoms with van der Waals surface area (Å²) in [6, 6.07) is 3.95. The minimum absolute atomic E-state index is 0.157. The van der Waals surface area contributed by atoms with Crippen molar-refractivity contribution < 1.29 is 9.63 Å². The third kappa shape index (κ3) is 2.88. The summed E-state index contributed by atoms with van der Waals surface area (Å²) in [4.78, 5) is 19.0. The van der Waals surface area contributed by atoms with Gasteiger partial charge in [-0.2, -0.15) is 5.10 Å². The number of nitrogens with zero attached hydrogens (tertiary/aromatic N) is 3. The summed E-state index contributed by atoms with van der Waals surface area (Å²) in [7, 11) is 1.90. The molecule has 2 aromatic rings. The molecule has 1 aliphatic rings. The molecule has 0 saturated carbocycles. The highest BCUT2D eigenvalue weighted by Crippen LogP contribution is 2.28. The van der Waals surface area contributed by atoms with Crippen LogP contribution in [0.5, 0.6) is 0 Å². The van der Waals surface area contributed by atoms with E-state index in [2.05, 4.69) is 15.6 Å². The molecule has 3 rings (SSSR count). The van der Waals surface area contributed by atoms with Crippen molar-refractivity contribution in [2.75, 3.05) is 0 Å². The zero-order chi connectivity index (χ0) is 16.6. The lowest BCUT2D eigenvalue weighted by atomic mass is 9.98. The average molecular weight is 332 g/mol. The van der Waals surface area contributed by atoms with E-state index < -0.39 is 5.60 Å². The van der Waals surface area contributed by atoms with Gasteiger partial charge in [0.1, 0.15) is 5.71 Å². The van der Waals surface area contributed by atoms with Crippen LogP contribution < -0.4 is 5.32 Å². The number of aromatic nitrogens is 2. The number of rotatable bonds is 4. The first-order valence-corrected chi connectivity index (χ1v) is 8.35. The van der Waals surface area contributed by atoms with Crippen LogP contribution in [0.1, 0.15) is 35.2 Å². The van der Waals surface area contributed by atoms with Crippen LogP contribution >= 0.6 is 11.3 Å². The molecule has 0 spiro atoms. The number of amides is 1. The third-order valence-corrected chi connectivity index (χ3v) is 5.15. The normalized spacial score (nSPS) is 20.3. The third-order valence-electron chi connectivity index (χ3n) is 4.23. The molecule has 23 heavy (non-hydrogen) atoms. The van der Waals surface area contributed by atoms with Crippen LogP contribution in [-0.2, 0) is 23.2 Å². The van der Waals surface area contributed by atoms with Crippen LogP contribution in [0.2, 0.25) is 0 Å². The zero-order valence-electron chi connectivity index (χ0n) is 13.7. The van der Waals surface area contributed by atoms with E-state index in [1.54, 1.807) is 18.3 Å². The van der Waals surface area contributed by atoms with Crippen molar-refractivity contribution in [3.63, 3.8) is 0 Å². The van der Waals surface area contributed by atoms with E-state index in [0.29, 0.717) is 13.0 Å². The summed E-state index contributed by atoms with van der Waals surface area (Å²) in [5, 5.41) is 13.4. The summed E-state index contributed by atoms with van der Waals surface area (Å²) in [5.74, 6) is -0.157. The highest BCUT2D eigenvalue weighted by atomic mass is 32.1. The molecule has 1 aliphatic heterocycles. The van der Waals surface area contributed by atoms with Gasteiger partial charge in [0.15, 0.2) is 0 Å². The van der Waals surface area contributed by atoms with Crippen molar-refractivity contribution in [3.8, 4) is 0 Å². The molecule has 0 aliphatic carbocycles. The Bertz CT molecular complexity index is 763. The Morgan fingerprint density at radius 3 is 2.91 bits per heavy atom. The smallest absolute Gasteiger partial charge is 0.267 e. The van der Waals surface area contributed by atoms with Crippen molar-refractivity contribution in [2.24, 2.45) is 12.2 Å². The Morgan fingerprint density at radius 1 is 1.52 bits per heavy atom. The van der Waals surface area contributed by atoms with E-state index in [9.17, 15) is 4.79 Å². The summed E-state index contributed by atoms with van der Waals surface area (Å²) in [6.07, 6.45) is 0.477. The Morgan fingerprint density at radius 2 is 2.30 bits per heavy atom.